The van der Waals surface area contributed by atoms with Gasteiger partial charge in [0, 0.05) is 11.4 Å². The number of halogens is 1. The quantitative estimate of drug-likeness (QED) is 0.850. The van der Waals surface area contributed by atoms with Crippen molar-refractivity contribution in [1.82, 2.24) is 0 Å². The summed E-state index contributed by atoms with van der Waals surface area (Å²) in [6.45, 7) is 3.41. The molecule has 110 valence electrons. The molecule has 0 fully saturated rings. The summed E-state index contributed by atoms with van der Waals surface area (Å²) in [6, 6.07) is 11.1. The number of para-hydroxylation sites is 1. The van der Waals surface area contributed by atoms with Gasteiger partial charge >= 0.3 is 0 Å². The molecule has 1 atom stereocenters. The molecule has 0 aliphatic rings. The van der Waals surface area contributed by atoms with Crippen molar-refractivity contribution >= 4 is 17.3 Å². The van der Waals surface area contributed by atoms with Crippen LogP contribution in [0.2, 0.25) is 0 Å². The average molecular weight is 288 g/mol. The molecule has 2 aromatic rings. The number of nitrogen functional groups attached to an aromatic ring is 1. The number of ether oxygens (including phenoxy) is 1. The second-order valence-electron chi connectivity index (χ2n) is 4.75. The molecule has 2 aromatic carbocycles. The molecule has 0 bridgehead atoms. The first-order valence-electron chi connectivity index (χ1n) is 6.55. The molecule has 0 aliphatic heterocycles. The van der Waals surface area contributed by atoms with E-state index in [0.29, 0.717) is 11.4 Å². The molecule has 2 rings (SSSR count). The van der Waals surface area contributed by atoms with Gasteiger partial charge in [0.25, 0.3) is 5.91 Å². The van der Waals surface area contributed by atoms with Crippen LogP contribution in [0, 0.1) is 12.7 Å². The van der Waals surface area contributed by atoms with E-state index in [2.05, 4.69) is 5.32 Å². The van der Waals surface area contributed by atoms with Crippen LogP contribution < -0.4 is 15.8 Å². The minimum absolute atomic E-state index is 0.0502. The van der Waals surface area contributed by atoms with Crippen molar-refractivity contribution in [3.05, 3.63) is 53.8 Å². The fourth-order valence-electron chi connectivity index (χ4n) is 1.85. The molecule has 0 aromatic heterocycles. The van der Waals surface area contributed by atoms with Crippen LogP contribution in [0.15, 0.2) is 42.5 Å². The summed E-state index contributed by atoms with van der Waals surface area (Å²) < 4.78 is 18.8. The molecule has 5 heteroatoms. The summed E-state index contributed by atoms with van der Waals surface area (Å²) in [4.78, 5) is 12.1. The second kappa shape index (κ2) is 6.26. The van der Waals surface area contributed by atoms with Crippen LogP contribution in [0.1, 0.15) is 12.5 Å². The number of carbonyl (C=O) groups excluding carboxylic acids is 1. The zero-order valence-corrected chi connectivity index (χ0v) is 11.9. The molecule has 1 unspecified atom stereocenters. The highest BCUT2D eigenvalue weighted by Crippen LogP contribution is 2.20. The number of hydrogen-bond donors (Lipinski definition) is 2. The van der Waals surface area contributed by atoms with Gasteiger partial charge in [-0.3, -0.25) is 4.79 Å². The highest BCUT2D eigenvalue weighted by atomic mass is 19.1. The van der Waals surface area contributed by atoms with Gasteiger partial charge in [-0.1, -0.05) is 12.1 Å². The van der Waals surface area contributed by atoms with Gasteiger partial charge in [0.1, 0.15) is 0 Å². The van der Waals surface area contributed by atoms with Crippen molar-refractivity contribution in [2.24, 2.45) is 0 Å². The molecule has 21 heavy (non-hydrogen) atoms. The number of aryl methyl sites for hydroxylation is 1. The predicted molar refractivity (Wildman–Crippen MR) is 80.7 cm³/mol. The molecule has 0 saturated carbocycles. The Bertz CT molecular complexity index is 658. The highest BCUT2D eigenvalue weighted by molar-refractivity contribution is 5.94. The number of amides is 1. The Kier molecular flexibility index (Phi) is 4.42. The third-order valence-corrected chi connectivity index (χ3v) is 3.02. The lowest BCUT2D eigenvalue weighted by Crippen LogP contribution is -2.30. The number of benzene rings is 2. The average Bonchev–Trinajstić information content (AvgIpc) is 2.44. The van der Waals surface area contributed by atoms with Crippen LogP contribution in [0.4, 0.5) is 15.8 Å². The Labute approximate surface area is 122 Å². The minimum Gasteiger partial charge on any atom is -0.478 e. The van der Waals surface area contributed by atoms with Crippen molar-refractivity contribution in [1.29, 1.82) is 0 Å². The Balaban J connectivity index is 2.04. The normalized spacial score (nSPS) is 11.8. The van der Waals surface area contributed by atoms with Gasteiger partial charge in [0.15, 0.2) is 17.7 Å². The zero-order valence-electron chi connectivity index (χ0n) is 11.9. The number of carbonyl (C=O) groups is 1. The van der Waals surface area contributed by atoms with Crippen molar-refractivity contribution in [3.8, 4) is 5.75 Å². The largest absolute Gasteiger partial charge is 0.478 e. The van der Waals surface area contributed by atoms with Crippen molar-refractivity contribution in [3.63, 3.8) is 0 Å². The van der Waals surface area contributed by atoms with E-state index >= 15 is 0 Å². The first-order chi connectivity index (χ1) is 9.97. The molecule has 0 spiro atoms. The molecule has 1 amide bonds. The molecule has 4 nitrogen and oxygen atoms in total. The summed E-state index contributed by atoms with van der Waals surface area (Å²) in [5.74, 6) is -0.805. The van der Waals surface area contributed by atoms with E-state index in [9.17, 15) is 9.18 Å². The third-order valence-electron chi connectivity index (χ3n) is 3.02. The SMILES string of the molecule is Cc1cc(N)ccc1NC(=O)C(C)Oc1ccccc1F. The van der Waals surface area contributed by atoms with E-state index in [4.69, 9.17) is 10.5 Å². The molecule has 3 N–H and O–H groups in total. The van der Waals surface area contributed by atoms with E-state index in [1.807, 2.05) is 6.92 Å². The smallest absolute Gasteiger partial charge is 0.265 e. The highest BCUT2D eigenvalue weighted by Gasteiger charge is 2.17. The van der Waals surface area contributed by atoms with Gasteiger partial charge in [-0.05, 0) is 49.7 Å². The van der Waals surface area contributed by atoms with Crippen LogP contribution in [0.3, 0.4) is 0 Å². The Morgan fingerprint density at radius 2 is 2.00 bits per heavy atom. The number of nitrogens with two attached hydrogens (primary N) is 1. The summed E-state index contributed by atoms with van der Waals surface area (Å²) >= 11 is 0. The maximum absolute atomic E-state index is 13.5. The van der Waals surface area contributed by atoms with Gasteiger partial charge in [-0.15, -0.1) is 0 Å². The topological polar surface area (TPSA) is 64.3 Å². The number of nitrogens with one attached hydrogen (secondary N) is 1. The van der Waals surface area contributed by atoms with Crippen LogP contribution in [-0.4, -0.2) is 12.0 Å². The minimum atomic E-state index is -0.821. The van der Waals surface area contributed by atoms with E-state index in [-0.39, 0.29) is 11.7 Å². The van der Waals surface area contributed by atoms with Crippen LogP contribution in [-0.2, 0) is 4.79 Å². The first-order valence-corrected chi connectivity index (χ1v) is 6.55. The van der Waals surface area contributed by atoms with E-state index in [0.717, 1.165) is 5.56 Å². The standard InChI is InChI=1S/C16H17FN2O2/c1-10-9-12(18)7-8-14(10)19-16(20)11(2)21-15-6-4-3-5-13(15)17/h3-9,11H,18H2,1-2H3,(H,19,20). The van der Waals surface area contributed by atoms with Gasteiger partial charge < -0.3 is 15.8 Å². The summed E-state index contributed by atoms with van der Waals surface area (Å²) in [5.41, 5.74) is 7.78. The Hall–Kier alpha value is -2.56. The molecular weight excluding hydrogens is 271 g/mol. The fraction of sp³-hybridized carbons (Fsp3) is 0.188. The van der Waals surface area contributed by atoms with Gasteiger partial charge in [-0.2, -0.15) is 0 Å². The lowest BCUT2D eigenvalue weighted by Gasteiger charge is -2.16. The molecule has 0 heterocycles. The maximum atomic E-state index is 13.5. The van der Waals surface area contributed by atoms with Crippen LogP contribution in [0.25, 0.3) is 0 Å². The maximum Gasteiger partial charge on any atom is 0.265 e. The van der Waals surface area contributed by atoms with E-state index in [1.54, 1.807) is 37.3 Å². The molecule has 0 radical (unpaired) electrons. The zero-order chi connectivity index (χ0) is 15.4. The lowest BCUT2D eigenvalue weighted by atomic mass is 10.1. The number of rotatable bonds is 4. The van der Waals surface area contributed by atoms with Crippen molar-refractivity contribution < 1.29 is 13.9 Å². The first kappa shape index (κ1) is 14.8. The Morgan fingerprint density at radius 1 is 1.29 bits per heavy atom. The van der Waals surface area contributed by atoms with Gasteiger partial charge in [0.2, 0.25) is 0 Å². The molecule has 0 aliphatic carbocycles. The predicted octanol–water partition coefficient (Wildman–Crippen LogP) is 3.12. The van der Waals surface area contributed by atoms with Gasteiger partial charge in [-0.25, -0.2) is 4.39 Å². The molecule has 0 saturated heterocycles. The van der Waals surface area contributed by atoms with Crippen molar-refractivity contribution in [2.75, 3.05) is 11.1 Å². The summed E-state index contributed by atoms with van der Waals surface area (Å²) in [7, 11) is 0. The summed E-state index contributed by atoms with van der Waals surface area (Å²) in [5, 5.41) is 2.73. The third kappa shape index (κ3) is 3.72. The van der Waals surface area contributed by atoms with Crippen molar-refractivity contribution in [2.45, 2.75) is 20.0 Å². The van der Waals surface area contributed by atoms with Crippen LogP contribution >= 0.6 is 0 Å². The van der Waals surface area contributed by atoms with E-state index in [1.165, 1.54) is 12.1 Å². The molecular formula is C16H17FN2O2. The second-order valence-corrected chi connectivity index (χ2v) is 4.75. The Morgan fingerprint density at radius 3 is 2.67 bits per heavy atom. The lowest BCUT2D eigenvalue weighted by molar-refractivity contribution is -0.122. The monoisotopic (exact) mass is 288 g/mol. The summed E-state index contributed by atoms with van der Waals surface area (Å²) in [6.07, 6.45) is -0.821. The fourth-order valence-corrected chi connectivity index (χ4v) is 1.85. The number of anilines is 2. The van der Waals surface area contributed by atoms with Crippen LogP contribution in [0.5, 0.6) is 5.75 Å². The van der Waals surface area contributed by atoms with E-state index < -0.39 is 11.9 Å². The van der Waals surface area contributed by atoms with Gasteiger partial charge in [0.05, 0.1) is 0 Å². The number of hydrogen-bond acceptors (Lipinski definition) is 3.